The van der Waals surface area contributed by atoms with E-state index < -0.39 is 5.97 Å². The van der Waals surface area contributed by atoms with Gasteiger partial charge < -0.3 is 16.1 Å². The second-order valence-corrected chi connectivity index (χ2v) is 9.63. The monoisotopic (exact) mass is 482 g/mol. The van der Waals surface area contributed by atoms with E-state index in [0.29, 0.717) is 6.42 Å². The molecule has 0 saturated carbocycles. The van der Waals surface area contributed by atoms with Gasteiger partial charge in [-0.2, -0.15) is 0 Å². The van der Waals surface area contributed by atoms with Crippen molar-refractivity contribution in [3.63, 3.8) is 0 Å². The van der Waals surface area contributed by atoms with Gasteiger partial charge in [0.2, 0.25) is 0 Å². The molecule has 0 amide bonds. The second kappa shape index (κ2) is 36.7. The first-order chi connectivity index (χ1) is 14.8. The zero-order valence-corrected chi connectivity index (χ0v) is 23.8. The van der Waals surface area contributed by atoms with Gasteiger partial charge >= 0.3 is 29.0 Å². The summed E-state index contributed by atoms with van der Waals surface area (Å²) in [6.45, 7) is 2.29. The minimum atomic E-state index is -0.649. The Kier molecular flexibility index (Phi) is 44.9. The van der Waals surface area contributed by atoms with Crippen LogP contribution in [0.15, 0.2) is 0 Å². The molecule has 0 radical (unpaired) electrons. The molecule has 0 rings (SSSR count). The average molecular weight is 483 g/mol. The SMILES string of the molecule is CCCCCCCCCCCCCCCCCCCCCCCCCCCC(=O)O.[Mg+2].[OH-].[OH-]. The maximum absolute atomic E-state index is 10.4. The molecule has 3 N–H and O–H groups in total. The Balaban J connectivity index is -0.00000140. The third kappa shape index (κ3) is 39.7. The summed E-state index contributed by atoms with van der Waals surface area (Å²) in [5, 5.41) is 8.60. The van der Waals surface area contributed by atoms with E-state index in [9.17, 15) is 4.79 Å². The second-order valence-electron chi connectivity index (χ2n) is 9.63. The molecule has 0 bridgehead atoms. The van der Waals surface area contributed by atoms with Gasteiger partial charge in [-0.05, 0) is 6.42 Å². The molecule has 0 aromatic carbocycles. The van der Waals surface area contributed by atoms with Crippen molar-refractivity contribution in [2.24, 2.45) is 0 Å². The van der Waals surface area contributed by atoms with Gasteiger partial charge in [-0.3, -0.25) is 4.79 Å². The van der Waals surface area contributed by atoms with Crippen LogP contribution in [0.4, 0.5) is 0 Å². The molecule has 4 nitrogen and oxygen atoms in total. The van der Waals surface area contributed by atoms with Crippen LogP contribution in [0.5, 0.6) is 0 Å². The number of rotatable bonds is 26. The maximum atomic E-state index is 10.4. The molecule has 33 heavy (non-hydrogen) atoms. The molecule has 0 atom stereocenters. The van der Waals surface area contributed by atoms with Gasteiger partial charge in [0.15, 0.2) is 0 Å². The fourth-order valence-electron chi connectivity index (χ4n) is 4.42. The molecular weight excluding hydrogens is 425 g/mol. The maximum Gasteiger partial charge on any atom is 2.00 e. The molecule has 0 spiro atoms. The summed E-state index contributed by atoms with van der Waals surface area (Å²) in [5.74, 6) is -0.649. The molecule has 0 aliphatic rings. The van der Waals surface area contributed by atoms with Crippen molar-refractivity contribution in [3.05, 3.63) is 0 Å². The van der Waals surface area contributed by atoms with Crippen LogP contribution in [-0.2, 0) is 4.79 Å². The number of unbranched alkanes of at least 4 members (excludes halogenated alkanes) is 24. The molecule has 0 saturated heterocycles. The van der Waals surface area contributed by atoms with Crippen molar-refractivity contribution in [2.45, 2.75) is 174 Å². The fourth-order valence-corrected chi connectivity index (χ4v) is 4.42. The zero-order chi connectivity index (χ0) is 22.0. The molecule has 0 aromatic rings. The van der Waals surface area contributed by atoms with Crippen LogP contribution in [0.25, 0.3) is 0 Å². The van der Waals surface area contributed by atoms with E-state index in [1.54, 1.807) is 0 Å². The van der Waals surface area contributed by atoms with Gasteiger partial charge in [-0.25, -0.2) is 0 Å². The molecule has 0 aliphatic carbocycles. The zero-order valence-electron chi connectivity index (χ0n) is 22.3. The first-order valence-electron chi connectivity index (χ1n) is 14.0. The van der Waals surface area contributed by atoms with Crippen LogP contribution in [-0.4, -0.2) is 45.1 Å². The number of hydrogen-bond donors (Lipinski definition) is 1. The van der Waals surface area contributed by atoms with Crippen molar-refractivity contribution in [1.29, 1.82) is 0 Å². The Labute approximate surface area is 223 Å². The van der Waals surface area contributed by atoms with Gasteiger partial charge in [0.05, 0.1) is 0 Å². The van der Waals surface area contributed by atoms with Crippen LogP contribution in [0, 0.1) is 0 Å². The van der Waals surface area contributed by atoms with E-state index in [2.05, 4.69) is 6.92 Å². The Hall–Kier alpha value is 0.156. The van der Waals surface area contributed by atoms with Crippen molar-refractivity contribution in [1.82, 2.24) is 0 Å². The molecule has 196 valence electrons. The predicted octanol–water partition coefficient (Wildman–Crippen LogP) is 9.50. The van der Waals surface area contributed by atoms with Crippen LogP contribution in [0.2, 0.25) is 0 Å². The molecular formula is C28H58MgO4. The van der Waals surface area contributed by atoms with E-state index in [1.807, 2.05) is 0 Å². The summed E-state index contributed by atoms with van der Waals surface area (Å²) in [4.78, 5) is 10.4. The number of carboxylic acid groups (broad SMARTS) is 1. The topological polar surface area (TPSA) is 97.3 Å². The Morgan fingerprint density at radius 2 is 0.606 bits per heavy atom. The summed E-state index contributed by atoms with van der Waals surface area (Å²) in [6, 6.07) is 0. The van der Waals surface area contributed by atoms with E-state index in [0.717, 1.165) is 12.8 Å². The third-order valence-corrected chi connectivity index (χ3v) is 6.49. The largest absolute Gasteiger partial charge is 2.00 e. The average Bonchev–Trinajstić information content (AvgIpc) is 2.73. The minimum Gasteiger partial charge on any atom is -0.870 e. The molecule has 0 heterocycles. The first-order valence-corrected chi connectivity index (χ1v) is 14.0. The molecule has 0 aliphatic heterocycles. The minimum absolute atomic E-state index is 0. The summed E-state index contributed by atoms with van der Waals surface area (Å²) < 4.78 is 0. The Bertz CT molecular complexity index is 340. The number of hydrogen-bond acceptors (Lipinski definition) is 3. The predicted molar refractivity (Wildman–Crippen MR) is 143 cm³/mol. The summed E-state index contributed by atoms with van der Waals surface area (Å²) in [5.41, 5.74) is 0. The van der Waals surface area contributed by atoms with Crippen LogP contribution >= 0.6 is 0 Å². The summed E-state index contributed by atoms with van der Waals surface area (Å²) in [6.07, 6.45) is 35.0. The van der Waals surface area contributed by atoms with Crippen molar-refractivity contribution in [3.8, 4) is 0 Å². The van der Waals surface area contributed by atoms with Crippen molar-refractivity contribution >= 4 is 29.0 Å². The van der Waals surface area contributed by atoms with E-state index in [1.165, 1.54) is 148 Å². The third-order valence-electron chi connectivity index (χ3n) is 6.49. The Morgan fingerprint density at radius 1 is 0.424 bits per heavy atom. The summed E-state index contributed by atoms with van der Waals surface area (Å²) in [7, 11) is 0. The smallest absolute Gasteiger partial charge is 0.870 e. The number of carboxylic acids is 1. The number of aliphatic carboxylic acids is 1. The van der Waals surface area contributed by atoms with Gasteiger partial charge in [0, 0.05) is 6.42 Å². The normalized spacial score (nSPS) is 10.2. The Morgan fingerprint density at radius 3 is 0.788 bits per heavy atom. The van der Waals surface area contributed by atoms with Gasteiger partial charge in [0.25, 0.3) is 0 Å². The van der Waals surface area contributed by atoms with Crippen LogP contribution in [0.1, 0.15) is 174 Å². The molecule has 0 fully saturated rings. The molecule has 5 heteroatoms. The van der Waals surface area contributed by atoms with Crippen molar-refractivity contribution in [2.75, 3.05) is 0 Å². The van der Waals surface area contributed by atoms with Gasteiger partial charge in [-0.1, -0.05) is 161 Å². The first kappa shape index (κ1) is 40.3. The number of carbonyl (C=O) groups is 1. The molecule has 0 unspecified atom stereocenters. The van der Waals surface area contributed by atoms with E-state index in [-0.39, 0.29) is 34.0 Å². The van der Waals surface area contributed by atoms with Crippen molar-refractivity contribution < 1.29 is 20.9 Å². The molecule has 0 aromatic heterocycles. The van der Waals surface area contributed by atoms with Gasteiger partial charge in [-0.15, -0.1) is 0 Å². The van der Waals surface area contributed by atoms with E-state index in [4.69, 9.17) is 5.11 Å². The fraction of sp³-hybridized carbons (Fsp3) is 0.964. The van der Waals surface area contributed by atoms with Crippen LogP contribution < -0.4 is 0 Å². The van der Waals surface area contributed by atoms with Gasteiger partial charge in [0.1, 0.15) is 0 Å². The standard InChI is InChI=1S/C28H56O2.Mg.2H2O/c1-2-3-4-5-6-7-8-9-10-11-12-13-14-15-16-17-18-19-20-21-22-23-24-25-26-27-28(29)30;;;/h2-27H2,1H3,(H,29,30);;2*1H2/q;+2;;/p-2. The quantitative estimate of drug-likeness (QED) is 0.0979. The summed E-state index contributed by atoms with van der Waals surface area (Å²) >= 11 is 0. The van der Waals surface area contributed by atoms with Crippen LogP contribution in [0.3, 0.4) is 0 Å². The van der Waals surface area contributed by atoms with E-state index >= 15 is 0 Å².